The number of phenolic OH excluding ortho intramolecular Hbond substituents is 2. The van der Waals surface area contributed by atoms with E-state index >= 15 is 33.6 Å². The minimum absolute atomic E-state index is 0.115. The molecular weight excluding hydrogens is 1930 g/mol. The fraction of sp³-hybridized carbons (Fsp3) is 0.320. The Morgan fingerprint density at radius 3 is 1.34 bits per heavy atom. The van der Waals surface area contributed by atoms with Gasteiger partial charge < -0.3 is 136 Å². The number of aliphatic carboxylic acids is 1. The third-order valence-electron chi connectivity index (χ3n) is 25.3. The summed E-state index contributed by atoms with van der Waals surface area (Å²) in [4.78, 5) is 294. The van der Waals surface area contributed by atoms with Crippen LogP contribution in [0.1, 0.15) is 90.6 Å². The van der Waals surface area contributed by atoms with Gasteiger partial charge in [-0.25, -0.2) is 9.78 Å². The van der Waals surface area contributed by atoms with Gasteiger partial charge in [0.15, 0.2) is 0 Å². The zero-order chi connectivity index (χ0) is 107. The van der Waals surface area contributed by atoms with E-state index in [1.54, 1.807) is 146 Å². The van der Waals surface area contributed by atoms with Crippen molar-refractivity contribution in [1.82, 2.24) is 110 Å². The van der Waals surface area contributed by atoms with Gasteiger partial charge in [0.05, 0.1) is 44.8 Å². The molecule has 2 aliphatic heterocycles. The Kier molecular flexibility index (Phi) is 36.9. The average molecular weight is 2040 g/mol. The number of nitrogens with one attached hydrogen (secondary N) is 19. The van der Waals surface area contributed by atoms with E-state index in [-0.39, 0.29) is 63.0 Å². The lowest BCUT2D eigenvalue weighted by Crippen LogP contribution is -2.62. The van der Waals surface area contributed by atoms with Gasteiger partial charge >= 0.3 is 5.97 Å². The molecule has 46 heteroatoms. The van der Waals surface area contributed by atoms with Gasteiger partial charge in [0.2, 0.25) is 106 Å². The van der Waals surface area contributed by atoms with Crippen molar-refractivity contribution < 1.29 is 112 Å². The van der Waals surface area contributed by atoms with Crippen molar-refractivity contribution >= 4 is 145 Å². The van der Waals surface area contributed by atoms with Crippen molar-refractivity contribution in [1.29, 1.82) is 0 Å². The van der Waals surface area contributed by atoms with Crippen LogP contribution in [0.3, 0.4) is 0 Å². The third-order valence-corrected chi connectivity index (χ3v) is 25.3. The summed E-state index contributed by atoms with van der Waals surface area (Å²) in [7, 11) is 0. The lowest BCUT2D eigenvalue weighted by molar-refractivity contribution is -0.143. The van der Waals surface area contributed by atoms with E-state index in [1.807, 2.05) is 0 Å². The Balaban J connectivity index is 0.776. The first-order valence-electron chi connectivity index (χ1n) is 47.9. The number of hydrogen-bond acceptors (Lipinski definition) is 23. The highest BCUT2D eigenvalue weighted by atomic mass is 16.4. The Morgan fingerprint density at radius 2 is 0.852 bits per heavy atom. The Bertz CT molecular complexity index is 6740. The first kappa shape index (κ1) is 108. The number of carboxylic acids is 1. The molecule has 0 bridgehead atoms. The number of benzene rings is 7. The molecule has 6 heterocycles. The predicted octanol–water partition coefficient (Wildman–Crippen LogP) is -2.33. The number of para-hydroxylation sites is 3. The maximum absolute atomic E-state index is 15.9. The molecule has 2 fully saturated rings. The number of phenols is 2. The predicted molar refractivity (Wildman–Crippen MR) is 535 cm³/mol. The van der Waals surface area contributed by atoms with Crippen molar-refractivity contribution in [2.75, 3.05) is 19.6 Å². The number of aliphatic hydroxyl groups excluding tert-OH is 1. The zero-order valence-electron chi connectivity index (χ0n) is 80.8. The molecule has 11 aromatic rings. The molecule has 2 saturated heterocycles. The first-order valence-corrected chi connectivity index (χ1v) is 47.9. The summed E-state index contributed by atoms with van der Waals surface area (Å²) in [6.45, 7) is 0.298. The second-order valence-electron chi connectivity index (χ2n) is 36.4. The van der Waals surface area contributed by atoms with E-state index in [0.29, 0.717) is 77.3 Å². The lowest BCUT2D eigenvalue weighted by Gasteiger charge is -2.30. The van der Waals surface area contributed by atoms with E-state index in [1.165, 1.54) is 74.2 Å². The Morgan fingerprint density at radius 1 is 0.423 bits per heavy atom. The number of primary amides is 2. The fourth-order valence-electron chi connectivity index (χ4n) is 17.5. The summed E-state index contributed by atoms with van der Waals surface area (Å²) in [6.07, 6.45) is -0.164. The molecule has 15 atom stereocenters. The first-order chi connectivity index (χ1) is 71.4. The quantitative estimate of drug-likeness (QED) is 0.0198. The van der Waals surface area contributed by atoms with Crippen LogP contribution in [0.25, 0.3) is 32.7 Å². The van der Waals surface area contributed by atoms with Gasteiger partial charge in [-0.3, -0.25) is 86.3 Å². The van der Waals surface area contributed by atoms with Gasteiger partial charge in [-0.05, 0) is 108 Å². The van der Waals surface area contributed by atoms with Crippen molar-refractivity contribution in [3.63, 3.8) is 0 Å². The molecule has 46 nitrogen and oxygen atoms in total. The minimum atomic E-state index is -2.10. The number of imidazole rings is 1. The number of aromatic hydroxyl groups is 2. The number of nitrogens with zero attached hydrogens (tertiary/aromatic N) is 2. The number of amides is 18. The van der Waals surface area contributed by atoms with E-state index in [2.05, 4.69) is 105 Å². The summed E-state index contributed by atoms with van der Waals surface area (Å²) in [5.74, 6) is -21.8. The van der Waals surface area contributed by atoms with Gasteiger partial charge in [0.1, 0.15) is 96.1 Å². The number of rotatable bonds is 35. The molecule has 18 amide bonds. The molecule has 0 aliphatic carbocycles. The maximum atomic E-state index is 15.9. The Labute approximate surface area is 850 Å². The number of carboxylic acid groups (broad SMARTS) is 1. The van der Waals surface area contributed by atoms with E-state index < -0.39 is 255 Å². The molecule has 0 spiro atoms. The lowest BCUT2D eigenvalue weighted by atomic mass is 10.00. The highest BCUT2D eigenvalue weighted by molar-refractivity contribution is 6.04. The van der Waals surface area contributed by atoms with Crippen LogP contribution in [0, 0.1) is 0 Å². The van der Waals surface area contributed by atoms with Gasteiger partial charge in [-0.2, -0.15) is 0 Å². The largest absolute Gasteiger partial charge is 0.508 e. The fourth-order valence-corrected chi connectivity index (χ4v) is 17.5. The summed E-state index contributed by atoms with van der Waals surface area (Å²) in [5.41, 5.74) is 16.6. The monoisotopic (exact) mass is 2040 g/mol. The third kappa shape index (κ3) is 30.3. The molecule has 15 unspecified atom stereocenters. The second-order valence-corrected chi connectivity index (χ2v) is 36.4. The molecule has 27 N–H and O–H groups in total. The summed E-state index contributed by atoms with van der Waals surface area (Å²) >= 11 is 0. The van der Waals surface area contributed by atoms with Gasteiger partial charge in [0.25, 0.3) is 0 Å². The molecule has 149 heavy (non-hydrogen) atoms. The SMILES string of the molecule is CC1NC(=O)C(C(C)O)NC(=O)CNC(=O)C(Cc2cnc[nH]2)NC(=O)C(Cc2c[nH]c3ccccc23)NC(=O)CC(C(N)=O)NC(=O)CNC(=O)CC(C(=O)NC(Cc2c[nH]c3ccccc23)C(=O)NC(Cc2ccccc2)C(=O)NC(Cc2ccccc2)C(=O)NC(CC(N)=O)C(=O)NC(Cc2ccc(O)cc2)C(=O)NC(Cc2ccc(O)cc2)C(=O)NC(Cc2c[nH]c3ccccc23)C(=O)O)NC(=O)C2CCCN2C1=O. The molecule has 4 aromatic heterocycles. The number of fused-ring (bicyclic) bond motifs is 4. The van der Waals surface area contributed by atoms with Crippen LogP contribution in [-0.4, -0.2) is 273 Å². The number of aromatic nitrogens is 5. The van der Waals surface area contributed by atoms with Crippen LogP contribution in [0.2, 0.25) is 0 Å². The van der Waals surface area contributed by atoms with Crippen LogP contribution < -0.4 is 91.2 Å². The second kappa shape index (κ2) is 50.9. The molecule has 13 rings (SSSR count). The number of H-pyrrole nitrogens is 4. The van der Waals surface area contributed by atoms with Crippen LogP contribution in [-0.2, 0) is 142 Å². The van der Waals surface area contributed by atoms with E-state index in [4.69, 9.17) is 11.5 Å². The number of nitrogens with two attached hydrogens (primary N) is 2. The number of carbonyl (C=O) groups is 19. The van der Waals surface area contributed by atoms with Crippen molar-refractivity contribution in [2.45, 2.75) is 188 Å². The van der Waals surface area contributed by atoms with Gasteiger partial charge in [-0.1, -0.05) is 140 Å². The van der Waals surface area contributed by atoms with Crippen LogP contribution in [0.5, 0.6) is 11.5 Å². The van der Waals surface area contributed by atoms with E-state index in [9.17, 15) is 78.0 Å². The molecule has 7 aromatic carbocycles. The van der Waals surface area contributed by atoms with E-state index in [0.717, 1.165) is 11.8 Å². The van der Waals surface area contributed by atoms with Crippen LogP contribution in [0.4, 0.5) is 0 Å². The van der Waals surface area contributed by atoms with Crippen molar-refractivity contribution in [3.8, 4) is 11.5 Å². The smallest absolute Gasteiger partial charge is 0.326 e. The van der Waals surface area contributed by atoms with Crippen LogP contribution in [0.15, 0.2) is 213 Å². The van der Waals surface area contributed by atoms with Crippen LogP contribution >= 0.6 is 0 Å². The molecular formula is C103H115N23O23. The summed E-state index contributed by atoms with van der Waals surface area (Å²) < 4.78 is 0. The summed E-state index contributed by atoms with van der Waals surface area (Å²) in [6, 6.07) is 23.5. The number of carbonyl (C=O) groups excluding carboxylic acids is 18. The number of hydrogen-bond donors (Lipinski definition) is 25. The standard InChI is InChI=1S/C103H115N23O23/c1-54-102(147)126-35-15-26-83(126)100(145)123-81(46-85(131)110-51-87(133)114-72(90(105)135)45-86(132)115-77(40-60-47-107-69-23-12-9-20-66(60)69)96(141)121-79(43-63-50-106-53-112-63)91(136)111-52-88(134)125-89(55(2)127)101(146)113-54)99(144)120-78(41-61-48-108-70-24-13-10-21-67(61)70)97(142)118-73(36-56-16-5-3-6-17-56)92(137)116-74(37-57-18-7-4-8-19-57)94(139)122-80(44-84(104)130)98(143)119-75(38-58-27-31-64(128)32-28-58)93(138)117-76(39-59-29-33-65(129)34-30-59)95(140)124-82(103(148)149)42-62-49-109-71-25-14-11-22-68(62)71/h3-14,16-25,27-34,47-50,53-55,72-83,89,107-109,127-129H,15,26,35-46,51-52H2,1-2H3,(H2,104,130)(H2,105,135)(H,106,112)(H,110,131)(H,111,136)(H,113,146)(H,114,133)(H,115,132)(H,116,137)(H,117,138)(H,118,142)(H,119,143)(H,120,144)(H,121,141)(H,122,139)(H,123,145)(H,124,140)(H,125,134)(H,148,149). The minimum Gasteiger partial charge on any atom is -0.508 e. The zero-order valence-corrected chi connectivity index (χ0v) is 80.8. The maximum Gasteiger partial charge on any atom is 0.326 e. The van der Waals surface area contributed by atoms with Gasteiger partial charge in [-0.15, -0.1) is 0 Å². The number of aromatic amines is 4. The average Bonchev–Trinajstić information content (AvgIpc) is 1.65. The summed E-state index contributed by atoms with van der Waals surface area (Å²) in [5, 5.41) is 81.7. The molecule has 0 saturated carbocycles. The number of aliphatic hydroxyl groups is 1. The molecule has 780 valence electrons. The topological polar surface area (TPSA) is 717 Å². The normalized spacial score (nSPS) is 19.1. The Hall–Kier alpha value is -18.1. The molecule has 2 aliphatic rings. The van der Waals surface area contributed by atoms with Crippen molar-refractivity contribution in [3.05, 3.63) is 258 Å². The highest BCUT2D eigenvalue weighted by Crippen LogP contribution is 2.27. The highest BCUT2D eigenvalue weighted by Gasteiger charge is 2.43. The van der Waals surface area contributed by atoms with Gasteiger partial charge in [0, 0.05) is 121 Å². The van der Waals surface area contributed by atoms with Crippen molar-refractivity contribution in [2.24, 2.45) is 11.5 Å². The molecule has 0 radical (unpaired) electrons.